The highest BCUT2D eigenvalue weighted by Gasteiger charge is 2.39. The number of hydrogen-bond acceptors (Lipinski definition) is 12. The van der Waals surface area contributed by atoms with Crippen molar-refractivity contribution in [3.05, 3.63) is 0 Å². The fraction of sp³-hybridized carbons (Fsp3) is 1.00. The molecule has 12 nitrogen and oxygen atoms in total. The van der Waals surface area contributed by atoms with Gasteiger partial charge < -0.3 is 0 Å². The smallest absolute Gasteiger partial charge is 0.267 e. The maximum Gasteiger partial charge on any atom is 0.267 e. The minimum Gasteiger partial charge on any atom is -0.269 e. The van der Waals surface area contributed by atoms with Crippen LogP contribution in [0.15, 0.2) is 0 Å². The average Bonchev–Trinajstić information content (AvgIpc) is 2.67. The van der Waals surface area contributed by atoms with Crippen LogP contribution in [-0.2, 0) is 57.2 Å². The van der Waals surface area contributed by atoms with Gasteiger partial charge in [-0.25, -0.2) is 0 Å². The lowest BCUT2D eigenvalue weighted by Gasteiger charge is -2.31. The van der Waals surface area contributed by atoms with Crippen LogP contribution in [0.25, 0.3) is 0 Å². The van der Waals surface area contributed by atoms with Gasteiger partial charge in [0.2, 0.25) is 0 Å². The molecule has 33 heavy (non-hydrogen) atoms. The molecule has 200 valence electrons. The Morgan fingerprint density at radius 2 is 0.606 bits per heavy atom. The first-order valence-corrected chi connectivity index (χ1v) is 16.9. The van der Waals surface area contributed by atoms with E-state index >= 15 is 0 Å². The molecule has 0 spiro atoms. The fourth-order valence-corrected chi connectivity index (χ4v) is 6.53. The Bertz CT molecular complexity index is 817. The normalized spacial score (nSPS) is 13.9. The molecule has 0 radical (unpaired) electrons. The quantitative estimate of drug-likeness (QED) is 0.194. The van der Waals surface area contributed by atoms with Crippen molar-refractivity contribution in [3.63, 3.8) is 0 Å². The van der Waals surface area contributed by atoms with Crippen LogP contribution in [0.1, 0.15) is 53.4 Å². The fourth-order valence-electron chi connectivity index (χ4n) is 2.34. The highest BCUT2D eigenvalue weighted by molar-refractivity contribution is 7.87. The van der Waals surface area contributed by atoms with Gasteiger partial charge in [-0.3, -0.25) is 16.7 Å². The molecule has 0 amide bonds. The summed E-state index contributed by atoms with van der Waals surface area (Å²) in [5.41, 5.74) is -1.89. The summed E-state index contributed by atoms with van der Waals surface area (Å²) in [5, 5.41) is 0. The van der Waals surface area contributed by atoms with Gasteiger partial charge in [-0.15, -0.1) is 0 Å². The summed E-state index contributed by atoms with van der Waals surface area (Å²) < 4.78 is 117. The van der Waals surface area contributed by atoms with Gasteiger partial charge in [0.25, 0.3) is 40.5 Å². The Morgan fingerprint density at radius 1 is 0.424 bits per heavy atom. The summed E-state index contributed by atoms with van der Waals surface area (Å²) in [6, 6.07) is 0. The second kappa shape index (κ2) is 14.3. The molecule has 0 aliphatic carbocycles. The van der Waals surface area contributed by atoms with E-state index in [0.29, 0.717) is 0 Å². The molecule has 0 N–H and O–H groups in total. The van der Waals surface area contributed by atoms with Crippen molar-refractivity contribution >= 4 is 40.5 Å². The lowest BCUT2D eigenvalue weighted by Crippen LogP contribution is -2.44. The van der Waals surface area contributed by atoms with E-state index in [1.807, 2.05) is 0 Å². The largest absolute Gasteiger partial charge is 0.269 e. The molecule has 0 atom stereocenters. The van der Waals surface area contributed by atoms with Gasteiger partial charge in [-0.2, -0.15) is 33.7 Å². The average molecular weight is 561 g/mol. The van der Waals surface area contributed by atoms with E-state index in [0.717, 1.165) is 0 Å². The summed E-state index contributed by atoms with van der Waals surface area (Å²) in [6.45, 7) is 3.09. The third-order valence-electron chi connectivity index (χ3n) is 4.00. The molecule has 0 heterocycles. The molecule has 0 aromatic heterocycles. The first-order chi connectivity index (χ1) is 15.1. The zero-order valence-electron chi connectivity index (χ0n) is 19.5. The van der Waals surface area contributed by atoms with Crippen molar-refractivity contribution in [3.8, 4) is 0 Å². The molecule has 0 fully saturated rings. The Kier molecular flexibility index (Phi) is 14.1. The summed E-state index contributed by atoms with van der Waals surface area (Å²) in [6.07, 6.45) is 0.887. The van der Waals surface area contributed by atoms with Crippen LogP contribution in [0.4, 0.5) is 0 Å². The third-order valence-corrected chi connectivity index (χ3v) is 9.54. The van der Waals surface area contributed by atoms with Crippen LogP contribution in [-0.4, -0.2) is 83.1 Å². The van der Waals surface area contributed by atoms with E-state index in [2.05, 4.69) is 0 Å². The molecule has 0 aromatic rings. The van der Waals surface area contributed by atoms with E-state index in [-0.39, 0.29) is 48.7 Å². The Labute approximate surface area is 198 Å². The third kappa shape index (κ3) is 14.6. The topological polar surface area (TPSA) is 173 Å². The van der Waals surface area contributed by atoms with Crippen LogP contribution < -0.4 is 0 Å². The standard InChI is InChI=1S/C17H36O12S4/c1-5-9-30(18,19)26-13-17(14-27-31(20,21)10-6-2,15-28-32(22,23)11-7-3)16-29-33(24,25)12-8-4/h5-16H2,1-4H3. The lowest BCUT2D eigenvalue weighted by molar-refractivity contribution is 0.00416. The summed E-state index contributed by atoms with van der Waals surface area (Å²) in [4.78, 5) is 0. The maximum absolute atomic E-state index is 12.1. The number of hydrogen-bond donors (Lipinski definition) is 0. The van der Waals surface area contributed by atoms with E-state index in [9.17, 15) is 33.7 Å². The summed E-state index contributed by atoms with van der Waals surface area (Å²) >= 11 is 0. The van der Waals surface area contributed by atoms with Gasteiger partial charge in [0.05, 0.1) is 54.9 Å². The van der Waals surface area contributed by atoms with Crippen molar-refractivity contribution in [2.75, 3.05) is 49.4 Å². The second-order valence-corrected chi connectivity index (χ2v) is 14.6. The first-order valence-electron chi connectivity index (χ1n) is 10.6. The van der Waals surface area contributed by atoms with Crippen LogP contribution in [0.2, 0.25) is 0 Å². The minimum absolute atomic E-state index is 0.222. The van der Waals surface area contributed by atoms with E-state index in [1.165, 1.54) is 0 Å². The molecule has 0 saturated carbocycles. The van der Waals surface area contributed by atoms with Crippen molar-refractivity contribution in [2.24, 2.45) is 5.41 Å². The van der Waals surface area contributed by atoms with Gasteiger partial charge >= 0.3 is 0 Å². The van der Waals surface area contributed by atoms with E-state index in [1.54, 1.807) is 27.7 Å². The van der Waals surface area contributed by atoms with Crippen LogP contribution in [0.5, 0.6) is 0 Å². The minimum atomic E-state index is -4.07. The number of rotatable bonds is 20. The molecular weight excluding hydrogens is 524 g/mol. The van der Waals surface area contributed by atoms with Crippen molar-refractivity contribution < 1.29 is 50.4 Å². The first kappa shape index (κ1) is 32.6. The molecule has 0 bridgehead atoms. The Hall–Kier alpha value is -0.360. The van der Waals surface area contributed by atoms with Gasteiger partial charge in [0.1, 0.15) is 0 Å². The Morgan fingerprint density at radius 3 is 0.758 bits per heavy atom. The van der Waals surface area contributed by atoms with Crippen LogP contribution in [0.3, 0.4) is 0 Å². The van der Waals surface area contributed by atoms with Crippen LogP contribution in [0, 0.1) is 5.41 Å². The predicted octanol–water partition coefficient (Wildman–Crippen LogP) is 0.998. The highest BCUT2D eigenvalue weighted by atomic mass is 32.2. The van der Waals surface area contributed by atoms with E-state index in [4.69, 9.17) is 16.7 Å². The summed E-state index contributed by atoms with van der Waals surface area (Å²) in [5.74, 6) is -1.44. The second-order valence-electron chi connectivity index (χ2n) is 7.60. The SMILES string of the molecule is CCCS(=O)(=O)OCC(COS(=O)(=O)CCC)(COS(=O)(=O)CCC)COS(=O)(=O)CCC. The highest BCUT2D eigenvalue weighted by Crippen LogP contribution is 2.25. The molecule has 0 aliphatic heterocycles. The molecule has 0 unspecified atom stereocenters. The van der Waals surface area contributed by atoms with Crippen molar-refractivity contribution in [2.45, 2.75) is 53.4 Å². The van der Waals surface area contributed by atoms with Gasteiger partial charge in [0, 0.05) is 0 Å². The molecule has 0 saturated heterocycles. The zero-order valence-corrected chi connectivity index (χ0v) is 22.8. The van der Waals surface area contributed by atoms with Crippen molar-refractivity contribution in [1.82, 2.24) is 0 Å². The van der Waals surface area contributed by atoms with Crippen molar-refractivity contribution in [1.29, 1.82) is 0 Å². The molecule has 0 rings (SSSR count). The molecular formula is C17H36O12S4. The van der Waals surface area contributed by atoms with Crippen LogP contribution >= 0.6 is 0 Å². The Balaban J connectivity index is 6.10. The molecule has 0 aliphatic rings. The zero-order chi connectivity index (χ0) is 25.8. The van der Waals surface area contributed by atoms with Gasteiger partial charge in [0.15, 0.2) is 0 Å². The predicted molar refractivity (Wildman–Crippen MR) is 123 cm³/mol. The molecule has 0 aromatic carbocycles. The lowest BCUT2D eigenvalue weighted by atomic mass is 9.93. The summed E-state index contributed by atoms with van der Waals surface area (Å²) in [7, 11) is -16.3. The monoisotopic (exact) mass is 560 g/mol. The van der Waals surface area contributed by atoms with E-state index < -0.39 is 72.3 Å². The van der Waals surface area contributed by atoms with Gasteiger partial charge in [-0.1, -0.05) is 27.7 Å². The van der Waals surface area contributed by atoms with Gasteiger partial charge in [-0.05, 0) is 25.7 Å². The maximum atomic E-state index is 12.1. The molecule has 16 heteroatoms.